The van der Waals surface area contributed by atoms with Crippen molar-refractivity contribution in [1.82, 2.24) is 4.57 Å². The molecule has 0 radical (unpaired) electrons. The Morgan fingerprint density at radius 1 is 1.31 bits per heavy atom. The van der Waals surface area contributed by atoms with E-state index in [2.05, 4.69) is 0 Å². The minimum Gasteiger partial charge on any atom is -0.451 e. The molecule has 1 fully saturated rings. The van der Waals surface area contributed by atoms with Crippen LogP contribution in [0, 0.1) is 5.82 Å². The van der Waals surface area contributed by atoms with E-state index in [0.717, 1.165) is 6.07 Å². The maximum absolute atomic E-state index is 15.5. The van der Waals surface area contributed by atoms with Gasteiger partial charge in [0.1, 0.15) is 11.2 Å². The highest BCUT2D eigenvalue weighted by Gasteiger charge is 2.31. The number of pyridine rings is 1. The molecule has 2 aliphatic heterocycles. The molecule has 1 atom stereocenters. The van der Waals surface area contributed by atoms with Gasteiger partial charge >= 0.3 is 6.16 Å². The summed E-state index contributed by atoms with van der Waals surface area (Å²) < 4.78 is 33.2. The second-order valence-corrected chi connectivity index (χ2v) is 8.48. The molecular weight excluding hydrogens is 500 g/mol. The van der Waals surface area contributed by atoms with E-state index in [1.807, 2.05) is 4.90 Å². The van der Waals surface area contributed by atoms with Crippen LogP contribution in [0.2, 0.25) is 5.02 Å². The number of hydrogen-bond acceptors (Lipinski definition) is 7. The summed E-state index contributed by atoms with van der Waals surface area (Å²) in [6.07, 6.45) is 2.67. The molecule has 0 amide bonds. The van der Waals surface area contributed by atoms with Crippen LogP contribution in [0.3, 0.4) is 0 Å². The lowest BCUT2D eigenvalue weighted by Crippen LogP contribution is -2.28. The third kappa shape index (κ3) is 4.54. The number of benzene rings is 2. The predicted octanol–water partition coefficient (Wildman–Crippen LogP) is 4.64. The van der Waals surface area contributed by atoms with Crippen LogP contribution in [-0.4, -0.2) is 36.5 Å². The maximum atomic E-state index is 15.5. The molecule has 1 saturated heterocycles. The van der Waals surface area contributed by atoms with Crippen LogP contribution < -0.4 is 25.5 Å². The molecule has 8 nitrogen and oxygen atoms in total. The highest BCUT2D eigenvalue weighted by Crippen LogP contribution is 2.44. The zero-order chi connectivity index (χ0) is 24.0. The Bertz CT molecular complexity index is 1390. The van der Waals surface area contributed by atoms with E-state index in [-0.39, 0.29) is 47.6 Å². The van der Waals surface area contributed by atoms with E-state index in [9.17, 15) is 9.59 Å². The van der Waals surface area contributed by atoms with Crippen LogP contribution in [-0.2, 0) is 4.74 Å². The van der Waals surface area contributed by atoms with Gasteiger partial charge in [-0.3, -0.25) is 4.79 Å². The fraction of sp³-hybridized carbons (Fsp3) is 0.250. The Balaban J connectivity index is 0.00000289. The van der Waals surface area contributed by atoms with Gasteiger partial charge < -0.3 is 29.4 Å². The summed E-state index contributed by atoms with van der Waals surface area (Å²) >= 11 is 6.03. The first kappa shape index (κ1) is 24.8. The van der Waals surface area contributed by atoms with Crippen LogP contribution in [0.4, 0.5) is 14.9 Å². The number of rotatable bonds is 4. The van der Waals surface area contributed by atoms with Crippen molar-refractivity contribution in [3.05, 3.63) is 63.2 Å². The zero-order valence-electron chi connectivity index (χ0n) is 18.6. The largest absolute Gasteiger partial charge is 0.514 e. The molecule has 5 rings (SSSR count). The lowest BCUT2D eigenvalue weighted by atomic mass is 10.1. The first-order chi connectivity index (χ1) is 16.4. The van der Waals surface area contributed by atoms with Crippen molar-refractivity contribution in [1.29, 1.82) is 0 Å². The molecule has 11 heteroatoms. The molecule has 2 aliphatic rings. The van der Waals surface area contributed by atoms with E-state index in [4.69, 9.17) is 31.5 Å². The van der Waals surface area contributed by atoms with E-state index in [0.29, 0.717) is 41.4 Å². The third-order valence-corrected chi connectivity index (χ3v) is 6.01. The lowest BCUT2D eigenvalue weighted by Gasteiger charge is -2.27. The average Bonchev–Trinajstić information content (AvgIpc) is 3.22. The number of hydrogen-bond donors (Lipinski definition) is 1. The highest BCUT2D eigenvalue weighted by molar-refractivity contribution is 6.30. The van der Waals surface area contributed by atoms with Gasteiger partial charge in [-0.05, 0) is 43.7 Å². The molecule has 1 unspecified atom stereocenters. The molecule has 0 saturated carbocycles. The van der Waals surface area contributed by atoms with Crippen molar-refractivity contribution in [3.8, 4) is 11.5 Å². The molecule has 1 aromatic heterocycles. The number of carbonyl (C=O) groups excluding carboxylic acids is 1. The fourth-order valence-corrected chi connectivity index (χ4v) is 4.35. The number of aromatic nitrogens is 1. The smallest absolute Gasteiger partial charge is 0.451 e. The molecule has 0 spiro atoms. The summed E-state index contributed by atoms with van der Waals surface area (Å²) in [4.78, 5) is 26.8. The highest BCUT2D eigenvalue weighted by atomic mass is 35.5. The van der Waals surface area contributed by atoms with Crippen LogP contribution in [0.15, 0.2) is 41.3 Å². The minimum absolute atomic E-state index is 0. The van der Waals surface area contributed by atoms with Crippen molar-refractivity contribution in [2.45, 2.75) is 19.4 Å². The molecule has 35 heavy (non-hydrogen) atoms. The van der Waals surface area contributed by atoms with E-state index >= 15 is 4.39 Å². The summed E-state index contributed by atoms with van der Waals surface area (Å²) in [5, 5.41) is 0.558. The van der Waals surface area contributed by atoms with Crippen molar-refractivity contribution >= 4 is 58.7 Å². The first-order valence-electron chi connectivity index (χ1n) is 10.8. The summed E-state index contributed by atoms with van der Waals surface area (Å²) in [7, 11) is 0. The minimum atomic E-state index is -1.02. The molecule has 3 heterocycles. The molecule has 0 aliphatic carbocycles. The number of halogens is 3. The summed E-state index contributed by atoms with van der Waals surface area (Å²) in [6, 6.07) is 7.98. The quantitative estimate of drug-likeness (QED) is 0.499. The van der Waals surface area contributed by atoms with Gasteiger partial charge in [-0.1, -0.05) is 11.6 Å². The molecule has 2 aromatic carbocycles. The van der Waals surface area contributed by atoms with Crippen LogP contribution in [0.5, 0.6) is 11.5 Å². The monoisotopic (exact) mass is 521 g/mol. The van der Waals surface area contributed by atoms with Gasteiger partial charge in [0.15, 0.2) is 23.1 Å². The lowest BCUT2D eigenvalue weighted by molar-refractivity contribution is 0.104. The Morgan fingerprint density at radius 2 is 2.06 bits per heavy atom. The normalized spacial score (nSPS) is 16.4. The second-order valence-electron chi connectivity index (χ2n) is 8.04. The maximum Gasteiger partial charge on any atom is 0.514 e. The fourth-order valence-electron chi connectivity index (χ4n) is 4.22. The van der Waals surface area contributed by atoms with Gasteiger partial charge in [0.2, 0.25) is 5.43 Å². The average molecular weight is 522 g/mol. The topological polar surface area (TPSA) is 96.0 Å². The molecule has 2 N–H and O–H groups in total. The molecule has 3 aromatic rings. The second kappa shape index (κ2) is 9.77. The molecule has 184 valence electrons. The summed E-state index contributed by atoms with van der Waals surface area (Å²) in [5.41, 5.74) is 6.68. The van der Waals surface area contributed by atoms with Gasteiger partial charge in [-0.2, -0.15) is 0 Å². The van der Waals surface area contributed by atoms with Crippen molar-refractivity contribution < 1.29 is 23.4 Å². The van der Waals surface area contributed by atoms with Crippen molar-refractivity contribution in [3.63, 3.8) is 0 Å². The standard InChI is InChI=1S/C24H21ClFN3O5.ClH/c1-2-32-24(31)34-19-12-29-11-18(13-3-5-14(25)6-4-13)33-23-20(29)16(22(19)30)9-17(26)21(23)28-8-7-15(27)10-28;/h3-6,9,11-12,15H,2,7-8,10,27H2,1H3;1H. The SMILES string of the molecule is CCOC(=O)Oc1cn2c3c(c(N4CCC(N)C4)c(F)cc3c1=O)OC(c1ccc(Cl)cc1)=C2.Cl. The zero-order valence-corrected chi connectivity index (χ0v) is 20.2. The Hall–Kier alpha value is -3.27. The third-order valence-electron chi connectivity index (χ3n) is 5.76. The Labute approximate surface area is 211 Å². The van der Waals surface area contributed by atoms with Gasteiger partial charge in [0, 0.05) is 29.7 Å². The van der Waals surface area contributed by atoms with Gasteiger partial charge in [0.05, 0.1) is 24.4 Å². The number of carbonyl (C=O) groups is 1. The van der Waals surface area contributed by atoms with E-state index in [1.54, 1.807) is 42.0 Å². The molecular formula is C24H22Cl2FN3O5. The first-order valence-corrected chi connectivity index (χ1v) is 11.2. The number of nitrogens with two attached hydrogens (primary N) is 1. The van der Waals surface area contributed by atoms with Gasteiger partial charge in [-0.25, -0.2) is 9.18 Å². The summed E-state index contributed by atoms with van der Waals surface area (Å²) in [6.45, 7) is 2.70. The van der Waals surface area contributed by atoms with Crippen LogP contribution >= 0.6 is 24.0 Å². The van der Waals surface area contributed by atoms with Gasteiger partial charge in [0.25, 0.3) is 0 Å². The molecule has 0 bridgehead atoms. The van der Waals surface area contributed by atoms with E-state index < -0.39 is 17.4 Å². The van der Waals surface area contributed by atoms with Crippen LogP contribution in [0.1, 0.15) is 18.9 Å². The number of nitrogens with zero attached hydrogens (tertiary/aromatic N) is 2. The van der Waals surface area contributed by atoms with Crippen LogP contribution in [0.25, 0.3) is 22.9 Å². The predicted molar refractivity (Wildman–Crippen MR) is 134 cm³/mol. The number of anilines is 1. The summed E-state index contributed by atoms with van der Waals surface area (Å²) in [5.74, 6) is -0.338. The Kier molecular flexibility index (Phi) is 6.93. The van der Waals surface area contributed by atoms with Crippen molar-refractivity contribution in [2.75, 3.05) is 24.6 Å². The van der Waals surface area contributed by atoms with E-state index in [1.165, 1.54) is 6.20 Å². The van der Waals surface area contributed by atoms with Gasteiger partial charge in [-0.15, -0.1) is 12.4 Å². The Morgan fingerprint density at radius 3 is 2.71 bits per heavy atom. The number of ether oxygens (including phenoxy) is 3. The van der Waals surface area contributed by atoms with Crippen molar-refractivity contribution in [2.24, 2.45) is 5.73 Å².